The van der Waals surface area contributed by atoms with Gasteiger partial charge in [0.25, 0.3) is 0 Å². The minimum atomic E-state index is 0. The van der Waals surface area contributed by atoms with Crippen LogP contribution in [-0.2, 0) is 0 Å². The molecule has 0 aliphatic rings. The summed E-state index contributed by atoms with van der Waals surface area (Å²) in [7, 11) is 0. The normalized spacial score (nSPS) is 9.88. The Hall–Kier alpha value is -2.47. The van der Waals surface area contributed by atoms with E-state index in [2.05, 4.69) is 15.0 Å². The Morgan fingerprint density at radius 1 is 0.824 bits per heavy atom. The topological polar surface area (TPSA) is 80.0 Å². The van der Waals surface area contributed by atoms with Crippen molar-refractivity contribution in [3.63, 3.8) is 0 Å². The highest BCUT2D eigenvalue weighted by molar-refractivity contribution is 5.31. The molecule has 0 bridgehead atoms. The van der Waals surface area contributed by atoms with Crippen LogP contribution in [0.15, 0.2) is 55.6 Å². The van der Waals surface area contributed by atoms with Crippen LogP contribution in [0.2, 0.25) is 0 Å². The molecule has 3 aromatic heterocycles. The molecule has 0 spiro atoms. The lowest BCUT2D eigenvalue weighted by Crippen LogP contribution is -1.99. The predicted molar refractivity (Wildman–Crippen MR) is 62.1 cm³/mol. The monoisotopic (exact) mass is 229 g/mol. The van der Waals surface area contributed by atoms with Crippen molar-refractivity contribution in [2.45, 2.75) is 0 Å². The van der Waals surface area contributed by atoms with Crippen molar-refractivity contribution in [3.05, 3.63) is 55.6 Å². The van der Waals surface area contributed by atoms with Crippen molar-refractivity contribution in [2.75, 3.05) is 0 Å². The van der Waals surface area contributed by atoms with E-state index in [9.17, 15) is 0 Å². The maximum absolute atomic E-state index is 4.50. The van der Waals surface area contributed by atoms with Crippen molar-refractivity contribution in [2.24, 2.45) is 0 Å². The van der Waals surface area contributed by atoms with E-state index in [4.69, 9.17) is 0 Å². The van der Waals surface area contributed by atoms with Crippen molar-refractivity contribution >= 4 is 0 Å². The molecule has 0 saturated heterocycles. The third kappa shape index (κ3) is 2.06. The van der Waals surface area contributed by atoms with Crippen molar-refractivity contribution in [3.8, 4) is 11.6 Å². The SMILES string of the molecule is O.c1cc(-n2ccnc2)nc(-n2ccnc2)c1. The number of hydrogen-bond acceptors (Lipinski definition) is 3. The van der Waals surface area contributed by atoms with Crippen LogP contribution >= 0.6 is 0 Å². The fourth-order valence-corrected chi connectivity index (χ4v) is 1.49. The summed E-state index contributed by atoms with van der Waals surface area (Å²) in [5.41, 5.74) is 0. The van der Waals surface area contributed by atoms with Crippen LogP contribution in [0.4, 0.5) is 0 Å². The molecule has 3 aromatic rings. The Bertz CT molecular complexity index is 524. The van der Waals surface area contributed by atoms with Gasteiger partial charge in [-0.15, -0.1) is 0 Å². The van der Waals surface area contributed by atoms with Gasteiger partial charge in [-0.2, -0.15) is 0 Å². The lowest BCUT2D eigenvalue weighted by atomic mass is 10.4. The number of rotatable bonds is 2. The van der Waals surface area contributed by atoms with E-state index in [-0.39, 0.29) is 5.48 Å². The number of nitrogens with zero attached hydrogens (tertiary/aromatic N) is 5. The van der Waals surface area contributed by atoms with Crippen LogP contribution in [-0.4, -0.2) is 29.6 Å². The second-order valence-electron chi connectivity index (χ2n) is 3.29. The minimum Gasteiger partial charge on any atom is -0.412 e. The van der Waals surface area contributed by atoms with Crippen LogP contribution in [0.5, 0.6) is 0 Å². The first-order valence-corrected chi connectivity index (χ1v) is 4.87. The van der Waals surface area contributed by atoms with E-state index in [1.807, 2.05) is 39.7 Å². The highest BCUT2D eigenvalue weighted by Gasteiger charge is 2.00. The third-order valence-electron chi connectivity index (χ3n) is 2.26. The maximum Gasteiger partial charge on any atom is 0.140 e. The molecule has 0 unspecified atom stereocenters. The van der Waals surface area contributed by atoms with Gasteiger partial charge in [0.05, 0.1) is 0 Å². The highest BCUT2D eigenvalue weighted by atomic mass is 16.0. The van der Waals surface area contributed by atoms with Crippen molar-refractivity contribution in [1.82, 2.24) is 24.1 Å². The summed E-state index contributed by atoms with van der Waals surface area (Å²) in [6.45, 7) is 0. The number of hydrogen-bond donors (Lipinski definition) is 0. The molecular formula is C11H11N5O. The van der Waals surface area contributed by atoms with E-state index in [1.54, 1.807) is 25.0 Å². The second-order valence-corrected chi connectivity index (χ2v) is 3.29. The molecule has 3 heterocycles. The fraction of sp³-hybridized carbons (Fsp3) is 0. The van der Waals surface area contributed by atoms with E-state index >= 15 is 0 Å². The van der Waals surface area contributed by atoms with Crippen LogP contribution in [0.1, 0.15) is 0 Å². The Morgan fingerprint density at radius 3 is 1.76 bits per heavy atom. The molecule has 0 amide bonds. The molecule has 86 valence electrons. The minimum absolute atomic E-state index is 0. The van der Waals surface area contributed by atoms with Gasteiger partial charge in [0.15, 0.2) is 0 Å². The van der Waals surface area contributed by atoms with Gasteiger partial charge in [-0.05, 0) is 12.1 Å². The van der Waals surface area contributed by atoms with E-state index in [0.29, 0.717) is 0 Å². The summed E-state index contributed by atoms with van der Waals surface area (Å²) < 4.78 is 3.72. The maximum atomic E-state index is 4.50. The predicted octanol–water partition coefficient (Wildman–Crippen LogP) is 0.628. The first-order valence-electron chi connectivity index (χ1n) is 4.87. The lowest BCUT2D eigenvalue weighted by molar-refractivity contribution is 0.824. The molecule has 0 aliphatic heterocycles. The summed E-state index contributed by atoms with van der Waals surface area (Å²) in [6.07, 6.45) is 10.6. The molecule has 0 atom stereocenters. The van der Waals surface area contributed by atoms with Crippen molar-refractivity contribution < 1.29 is 5.48 Å². The Morgan fingerprint density at radius 2 is 1.35 bits per heavy atom. The van der Waals surface area contributed by atoms with Crippen LogP contribution < -0.4 is 0 Å². The van der Waals surface area contributed by atoms with E-state index in [1.165, 1.54) is 0 Å². The average Bonchev–Trinajstić information content (AvgIpc) is 3.03. The summed E-state index contributed by atoms with van der Waals surface area (Å²) in [5, 5.41) is 0. The Kier molecular flexibility index (Phi) is 2.97. The van der Waals surface area contributed by atoms with Gasteiger partial charge in [0.1, 0.15) is 24.3 Å². The van der Waals surface area contributed by atoms with Gasteiger partial charge in [-0.25, -0.2) is 15.0 Å². The van der Waals surface area contributed by atoms with Crippen molar-refractivity contribution in [1.29, 1.82) is 0 Å². The molecular weight excluding hydrogens is 218 g/mol. The van der Waals surface area contributed by atoms with E-state index in [0.717, 1.165) is 11.6 Å². The molecule has 0 aliphatic carbocycles. The van der Waals surface area contributed by atoms with Gasteiger partial charge in [0, 0.05) is 24.8 Å². The first-order chi connectivity index (χ1) is 7.93. The van der Waals surface area contributed by atoms with Gasteiger partial charge in [-0.1, -0.05) is 6.07 Å². The number of pyridine rings is 1. The molecule has 6 nitrogen and oxygen atoms in total. The number of aromatic nitrogens is 5. The van der Waals surface area contributed by atoms with Crippen LogP contribution in [0.25, 0.3) is 11.6 Å². The zero-order valence-corrected chi connectivity index (χ0v) is 8.93. The molecule has 6 heteroatoms. The highest BCUT2D eigenvalue weighted by Crippen LogP contribution is 2.08. The molecule has 0 saturated carbocycles. The molecule has 17 heavy (non-hydrogen) atoms. The zero-order valence-electron chi connectivity index (χ0n) is 8.93. The van der Waals surface area contributed by atoms with Gasteiger partial charge >= 0.3 is 0 Å². The third-order valence-corrected chi connectivity index (χ3v) is 2.26. The largest absolute Gasteiger partial charge is 0.412 e. The van der Waals surface area contributed by atoms with E-state index < -0.39 is 0 Å². The smallest absolute Gasteiger partial charge is 0.140 e. The summed E-state index contributed by atoms with van der Waals surface area (Å²) in [5.74, 6) is 1.67. The molecule has 0 fully saturated rings. The average molecular weight is 229 g/mol. The zero-order chi connectivity index (χ0) is 10.8. The van der Waals surface area contributed by atoms with Gasteiger partial charge in [-0.3, -0.25) is 9.13 Å². The van der Waals surface area contributed by atoms with Crippen LogP contribution in [0, 0.1) is 0 Å². The molecule has 0 aromatic carbocycles. The van der Waals surface area contributed by atoms with Gasteiger partial charge in [0.2, 0.25) is 0 Å². The number of imidazole rings is 2. The fourth-order valence-electron chi connectivity index (χ4n) is 1.49. The van der Waals surface area contributed by atoms with Gasteiger partial charge < -0.3 is 5.48 Å². The quantitative estimate of drug-likeness (QED) is 0.646. The summed E-state index contributed by atoms with van der Waals surface area (Å²) in [4.78, 5) is 12.5. The summed E-state index contributed by atoms with van der Waals surface area (Å²) >= 11 is 0. The standard InChI is InChI=1S/C11H9N5.H2O/c1-2-10(15-6-4-12-8-15)14-11(3-1)16-7-5-13-9-16;/h1-9H;1H2. The first kappa shape index (κ1) is 11.0. The lowest BCUT2D eigenvalue weighted by Gasteiger charge is -2.04. The summed E-state index contributed by atoms with van der Waals surface area (Å²) in [6, 6.07) is 5.82. The molecule has 2 N–H and O–H groups in total. The van der Waals surface area contributed by atoms with Crippen LogP contribution in [0.3, 0.4) is 0 Å². The molecule has 0 radical (unpaired) electrons. The Labute approximate surface area is 97.5 Å². The molecule has 3 rings (SSSR count). The Balaban J connectivity index is 0.00000108. The second kappa shape index (κ2) is 4.58.